The highest BCUT2D eigenvalue weighted by molar-refractivity contribution is 8.00. The molecule has 2 heterocycles. The Morgan fingerprint density at radius 2 is 1.42 bits per heavy atom. The molecule has 224 valence electrons. The summed E-state index contributed by atoms with van der Waals surface area (Å²) in [5.74, 6) is -0.0762. The molecule has 2 saturated heterocycles. The largest absolute Gasteiger partial charge is 0.465 e. The third kappa shape index (κ3) is 6.94. The van der Waals surface area contributed by atoms with Crippen LogP contribution in [0.1, 0.15) is 46.4 Å². The molecule has 0 radical (unpaired) electrons. The van der Waals surface area contributed by atoms with E-state index in [-0.39, 0.29) is 24.0 Å². The highest BCUT2D eigenvalue weighted by atomic mass is 32.2. The van der Waals surface area contributed by atoms with Gasteiger partial charge in [0.25, 0.3) is 0 Å². The molecule has 5 rings (SSSR count). The molecule has 43 heavy (non-hydrogen) atoms. The Morgan fingerprint density at radius 3 is 1.98 bits per heavy atom. The topological polar surface area (TPSA) is 135 Å². The molecule has 11 heteroatoms. The van der Waals surface area contributed by atoms with Crippen molar-refractivity contribution in [1.82, 2.24) is 16.1 Å². The van der Waals surface area contributed by atoms with Gasteiger partial charge in [-0.3, -0.25) is 15.6 Å². The monoisotopic (exact) mass is 602 g/mol. The number of hydrogen-bond acceptors (Lipinski definition) is 8. The lowest BCUT2D eigenvalue weighted by Gasteiger charge is -2.19. The lowest BCUT2D eigenvalue weighted by Crippen LogP contribution is -2.36. The number of benzene rings is 3. The van der Waals surface area contributed by atoms with E-state index in [9.17, 15) is 19.2 Å². The molecule has 0 bridgehead atoms. The first-order chi connectivity index (χ1) is 20.9. The molecule has 0 unspecified atom stereocenters. The van der Waals surface area contributed by atoms with Crippen molar-refractivity contribution in [2.24, 2.45) is 0 Å². The summed E-state index contributed by atoms with van der Waals surface area (Å²) in [7, 11) is 2.68. The number of ether oxygens (including phenoxy) is 2. The first kappa shape index (κ1) is 30.0. The van der Waals surface area contributed by atoms with Gasteiger partial charge in [0.1, 0.15) is 0 Å². The minimum atomic E-state index is -0.424. The summed E-state index contributed by atoms with van der Waals surface area (Å²) in [6.07, 6.45) is 2.89. The lowest BCUT2D eigenvalue weighted by atomic mass is 9.95. The first-order valence-electron chi connectivity index (χ1n) is 14.1. The van der Waals surface area contributed by atoms with Crippen molar-refractivity contribution in [3.05, 3.63) is 77.9 Å². The summed E-state index contributed by atoms with van der Waals surface area (Å²) in [6.45, 7) is 0. The van der Waals surface area contributed by atoms with Gasteiger partial charge in [0.05, 0.1) is 43.1 Å². The maximum Gasteiger partial charge on any atom is 0.337 e. The summed E-state index contributed by atoms with van der Waals surface area (Å²) in [5.41, 5.74) is 10.8. The molecule has 0 aromatic heterocycles. The Labute approximate surface area is 254 Å². The van der Waals surface area contributed by atoms with E-state index >= 15 is 0 Å². The van der Waals surface area contributed by atoms with Crippen molar-refractivity contribution in [2.75, 3.05) is 25.4 Å². The number of carbonyl (C=O) groups excluding carboxylic acids is 4. The van der Waals surface area contributed by atoms with E-state index in [1.807, 2.05) is 54.2 Å². The molecule has 3 aromatic rings. The van der Waals surface area contributed by atoms with Crippen LogP contribution in [-0.2, 0) is 14.3 Å². The van der Waals surface area contributed by atoms with E-state index < -0.39 is 11.9 Å². The molecule has 0 aliphatic carbocycles. The molecule has 2 fully saturated rings. The number of esters is 2. The number of amides is 3. The summed E-state index contributed by atoms with van der Waals surface area (Å²) < 4.78 is 9.64. The van der Waals surface area contributed by atoms with Gasteiger partial charge in [-0.05, 0) is 48.2 Å². The number of rotatable bonds is 11. The second kappa shape index (κ2) is 13.6. The smallest absolute Gasteiger partial charge is 0.337 e. The van der Waals surface area contributed by atoms with Gasteiger partial charge in [0.15, 0.2) is 0 Å². The van der Waals surface area contributed by atoms with Gasteiger partial charge < -0.3 is 20.1 Å². The van der Waals surface area contributed by atoms with Crippen molar-refractivity contribution in [3.8, 4) is 22.3 Å². The van der Waals surface area contributed by atoms with E-state index in [0.29, 0.717) is 28.5 Å². The number of carbonyl (C=O) groups is 4. The number of unbranched alkanes of at least 4 members (excludes halogenated alkanes) is 1. The van der Waals surface area contributed by atoms with Crippen LogP contribution in [0.3, 0.4) is 0 Å². The summed E-state index contributed by atoms with van der Waals surface area (Å²) in [4.78, 5) is 48.4. The van der Waals surface area contributed by atoms with Crippen LogP contribution in [0, 0.1) is 0 Å². The van der Waals surface area contributed by atoms with Crippen LogP contribution in [0.15, 0.2) is 66.7 Å². The Kier molecular flexibility index (Phi) is 9.51. The molecular weight excluding hydrogens is 568 g/mol. The highest BCUT2D eigenvalue weighted by Gasteiger charge is 2.42. The number of methoxy groups -OCH3 is 2. The van der Waals surface area contributed by atoms with Crippen molar-refractivity contribution < 1.29 is 28.7 Å². The minimum Gasteiger partial charge on any atom is -0.465 e. The van der Waals surface area contributed by atoms with Gasteiger partial charge in [0.2, 0.25) is 5.91 Å². The van der Waals surface area contributed by atoms with Gasteiger partial charge in [-0.2, -0.15) is 11.8 Å². The fourth-order valence-electron chi connectivity index (χ4n) is 5.44. The van der Waals surface area contributed by atoms with Crippen molar-refractivity contribution in [2.45, 2.75) is 43.0 Å². The number of hydrogen-bond donors (Lipinski definition) is 4. The molecular formula is C32H34N4O6S. The van der Waals surface area contributed by atoms with Crippen LogP contribution in [0.5, 0.6) is 0 Å². The van der Waals surface area contributed by atoms with Gasteiger partial charge in [-0.25, -0.2) is 14.4 Å². The maximum absolute atomic E-state index is 12.9. The van der Waals surface area contributed by atoms with Gasteiger partial charge >= 0.3 is 18.0 Å². The highest BCUT2D eigenvalue weighted by Crippen LogP contribution is 2.37. The van der Waals surface area contributed by atoms with Gasteiger partial charge in [-0.1, -0.05) is 48.9 Å². The molecule has 4 N–H and O–H groups in total. The van der Waals surface area contributed by atoms with Crippen LogP contribution < -0.4 is 21.5 Å². The van der Waals surface area contributed by atoms with E-state index in [2.05, 4.69) is 21.5 Å². The van der Waals surface area contributed by atoms with E-state index in [1.165, 1.54) is 14.2 Å². The molecule has 0 saturated carbocycles. The molecule has 2 aliphatic rings. The fraction of sp³-hybridized carbons (Fsp3) is 0.312. The number of para-hydroxylation sites is 1. The third-order valence-corrected chi connectivity index (χ3v) is 9.21. The Hall–Kier alpha value is -4.51. The molecule has 2 aliphatic heterocycles. The van der Waals surface area contributed by atoms with E-state index in [1.54, 1.807) is 24.3 Å². The predicted octanol–water partition coefficient (Wildman–Crippen LogP) is 4.76. The Balaban J connectivity index is 1.29. The van der Waals surface area contributed by atoms with Crippen LogP contribution in [0.2, 0.25) is 0 Å². The van der Waals surface area contributed by atoms with Crippen LogP contribution >= 0.6 is 11.8 Å². The van der Waals surface area contributed by atoms with Crippen LogP contribution in [-0.4, -0.2) is 61.2 Å². The fourth-order valence-corrected chi connectivity index (χ4v) is 6.99. The number of thioether (sulfide) groups is 1. The van der Waals surface area contributed by atoms with Crippen LogP contribution in [0.25, 0.3) is 22.3 Å². The average molecular weight is 603 g/mol. The summed E-state index contributed by atoms with van der Waals surface area (Å²) >= 11 is 1.87. The standard InChI is InChI=1S/C32H34N4O6S/c1-41-30(38)21-14-10-19(11-15-21)23-6-5-7-24(20-12-16-22(17-13-20)31(39)42-2)28(23)36-35-27(37)9-4-3-8-26-29-25(18-43-26)33-32(40)34-29/h5-7,10-17,25-26,29,36H,3-4,8-9,18H2,1-2H3,(H,35,37)(H2,33,34,40)/t25-,26-,29-/m0/s1. The van der Waals surface area contributed by atoms with Gasteiger partial charge in [0, 0.05) is 28.6 Å². The quantitative estimate of drug-likeness (QED) is 0.107. The number of hydrazine groups is 1. The Bertz CT molecular complexity index is 1420. The van der Waals surface area contributed by atoms with Crippen molar-refractivity contribution >= 4 is 41.3 Å². The zero-order valence-corrected chi connectivity index (χ0v) is 24.8. The Morgan fingerprint density at radius 1 is 0.837 bits per heavy atom. The number of nitrogens with one attached hydrogen (secondary N) is 4. The number of urea groups is 1. The normalized spacial score (nSPS) is 18.7. The van der Waals surface area contributed by atoms with Crippen molar-refractivity contribution in [3.63, 3.8) is 0 Å². The molecule has 3 amide bonds. The zero-order chi connectivity index (χ0) is 30.3. The zero-order valence-electron chi connectivity index (χ0n) is 24.0. The summed E-state index contributed by atoms with van der Waals surface area (Å²) in [6, 6.07) is 20.1. The first-order valence-corrected chi connectivity index (χ1v) is 15.2. The average Bonchev–Trinajstić information content (AvgIpc) is 3.60. The predicted molar refractivity (Wildman–Crippen MR) is 166 cm³/mol. The van der Waals surface area contributed by atoms with Crippen molar-refractivity contribution in [1.29, 1.82) is 0 Å². The van der Waals surface area contributed by atoms with Gasteiger partial charge in [-0.15, -0.1) is 0 Å². The number of anilines is 1. The third-order valence-electron chi connectivity index (χ3n) is 7.71. The molecule has 3 atom stereocenters. The van der Waals surface area contributed by atoms with E-state index in [4.69, 9.17) is 9.47 Å². The maximum atomic E-state index is 12.9. The summed E-state index contributed by atoms with van der Waals surface area (Å²) in [5, 5.41) is 6.32. The second-order valence-corrected chi connectivity index (χ2v) is 11.7. The molecule has 3 aromatic carbocycles. The van der Waals surface area contributed by atoms with E-state index in [0.717, 1.165) is 47.3 Å². The molecule has 10 nitrogen and oxygen atoms in total. The SMILES string of the molecule is COC(=O)c1ccc(-c2cccc(-c3ccc(C(=O)OC)cc3)c2NNC(=O)CCCC[C@@H]2SC[C@@H]3NC(=O)N[C@@H]32)cc1. The number of fused-ring (bicyclic) bond motifs is 1. The second-order valence-electron chi connectivity index (χ2n) is 10.4. The lowest BCUT2D eigenvalue weighted by molar-refractivity contribution is -0.120. The van der Waals surface area contributed by atoms with Crippen LogP contribution in [0.4, 0.5) is 10.5 Å². The minimum absolute atomic E-state index is 0.0933. The molecule has 0 spiro atoms.